The van der Waals surface area contributed by atoms with E-state index in [1.54, 1.807) is 13.0 Å². The molecule has 0 spiro atoms. The molecule has 13 heavy (non-hydrogen) atoms. The molecular weight excluding hydrogens is 253 g/mol. The van der Waals surface area contributed by atoms with Crippen molar-refractivity contribution in [1.82, 2.24) is 0 Å². The predicted molar refractivity (Wildman–Crippen MR) is 57.8 cm³/mol. The molecule has 0 amide bonds. The van der Waals surface area contributed by atoms with Crippen LogP contribution in [-0.4, -0.2) is 11.7 Å². The van der Waals surface area contributed by atoms with Gasteiger partial charge in [-0.3, -0.25) is 0 Å². The summed E-state index contributed by atoms with van der Waals surface area (Å²) < 4.78 is 0.898. The van der Waals surface area contributed by atoms with E-state index < -0.39 is 5.54 Å². The molecule has 0 heterocycles. The van der Waals surface area contributed by atoms with Crippen molar-refractivity contribution in [3.8, 4) is 0 Å². The van der Waals surface area contributed by atoms with Crippen molar-refractivity contribution in [1.29, 1.82) is 0 Å². The van der Waals surface area contributed by atoms with Crippen molar-refractivity contribution in [3.63, 3.8) is 0 Å². The maximum atomic E-state index is 9.05. The Kier molecular flexibility index (Phi) is 3.35. The number of hydrogen-bond donors (Lipinski definition) is 2. The van der Waals surface area contributed by atoms with E-state index in [9.17, 15) is 0 Å². The fourth-order valence-electron chi connectivity index (χ4n) is 1.04. The number of aliphatic hydroxyl groups excluding tert-OH is 1. The van der Waals surface area contributed by atoms with Crippen molar-refractivity contribution >= 4 is 27.5 Å². The fourth-order valence-corrected chi connectivity index (χ4v) is 1.93. The Morgan fingerprint density at radius 1 is 1.62 bits per heavy atom. The van der Waals surface area contributed by atoms with Gasteiger partial charge in [-0.2, -0.15) is 0 Å². The molecule has 0 aliphatic heterocycles. The third-order valence-corrected chi connectivity index (χ3v) is 2.68. The van der Waals surface area contributed by atoms with Gasteiger partial charge >= 0.3 is 0 Å². The Balaban J connectivity index is 3.16. The number of benzene rings is 1. The topological polar surface area (TPSA) is 46.2 Å². The van der Waals surface area contributed by atoms with Crippen molar-refractivity contribution in [2.45, 2.75) is 12.5 Å². The number of nitrogens with two attached hydrogens (primary N) is 1. The van der Waals surface area contributed by atoms with E-state index in [0.717, 1.165) is 10.0 Å². The number of hydrogen-bond acceptors (Lipinski definition) is 2. The van der Waals surface area contributed by atoms with Crippen LogP contribution in [0.2, 0.25) is 5.02 Å². The Hall–Kier alpha value is -0.0900. The van der Waals surface area contributed by atoms with Crippen LogP contribution in [-0.2, 0) is 5.54 Å². The molecular formula is C9H11BrClNO. The van der Waals surface area contributed by atoms with Gasteiger partial charge in [-0.15, -0.1) is 0 Å². The normalized spacial score (nSPS) is 15.5. The summed E-state index contributed by atoms with van der Waals surface area (Å²) in [5, 5.41) is 9.61. The first-order chi connectivity index (χ1) is 5.97. The lowest BCUT2D eigenvalue weighted by atomic mass is 9.94. The predicted octanol–water partition coefficient (Wildman–Crippen LogP) is 2.27. The highest BCUT2D eigenvalue weighted by Gasteiger charge is 2.22. The minimum atomic E-state index is -0.780. The van der Waals surface area contributed by atoms with E-state index in [0.29, 0.717) is 5.02 Å². The average molecular weight is 265 g/mol. The Morgan fingerprint density at radius 3 is 2.69 bits per heavy atom. The largest absolute Gasteiger partial charge is 0.394 e. The molecule has 0 aliphatic carbocycles. The summed E-state index contributed by atoms with van der Waals surface area (Å²) in [5.74, 6) is 0. The van der Waals surface area contributed by atoms with Crippen LogP contribution in [0.5, 0.6) is 0 Å². The van der Waals surface area contributed by atoms with E-state index in [-0.39, 0.29) is 6.61 Å². The molecule has 72 valence electrons. The van der Waals surface area contributed by atoms with E-state index >= 15 is 0 Å². The zero-order valence-corrected chi connectivity index (χ0v) is 9.56. The van der Waals surface area contributed by atoms with Crippen LogP contribution < -0.4 is 5.73 Å². The third kappa shape index (κ3) is 2.44. The third-order valence-electron chi connectivity index (χ3n) is 1.87. The zero-order chi connectivity index (χ0) is 10.1. The standard InChI is InChI=1S/C9H11BrClNO/c1-9(12,5-13)7-3-2-6(10)4-8(7)11/h2-4,13H,5,12H2,1H3/t9-/m1/s1. The first-order valence-electron chi connectivity index (χ1n) is 3.82. The number of rotatable bonds is 2. The summed E-state index contributed by atoms with van der Waals surface area (Å²) in [7, 11) is 0. The SMILES string of the molecule is C[C@@](N)(CO)c1ccc(Br)cc1Cl. The smallest absolute Gasteiger partial charge is 0.0650 e. The van der Waals surface area contributed by atoms with Gasteiger partial charge in [-0.05, 0) is 24.6 Å². The lowest BCUT2D eigenvalue weighted by Crippen LogP contribution is -2.37. The van der Waals surface area contributed by atoms with Gasteiger partial charge in [0.15, 0.2) is 0 Å². The van der Waals surface area contributed by atoms with Crippen molar-refractivity contribution in [3.05, 3.63) is 33.3 Å². The first kappa shape index (κ1) is 11.0. The fraction of sp³-hybridized carbons (Fsp3) is 0.333. The van der Waals surface area contributed by atoms with Gasteiger partial charge in [0.25, 0.3) is 0 Å². The molecule has 0 unspecified atom stereocenters. The van der Waals surface area contributed by atoms with Crippen LogP contribution in [0.1, 0.15) is 12.5 Å². The quantitative estimate of drug-likeness (QED) is 0.861. The van der Waals surface area contributed by atoms with E-state index in [4.69, 9.17) is 22.4 Å². The van der Waals surface area contributed by atoms with Crippen LogP contribution in [0.25, 0.3) is 0 Å². The lowest BCUT2D eigenvalue weighted by molar-refractivity contribution is 0.210. The summed E-state index contributed by atoms with van der Waals surface area (Å²) in [6.07, 6.45) is 0. The van der Waals surface area contributed by atoms with Gasteiger partial charge in [0.05, 0.1) is 12.1 Å². The van der Waals surface area contributed by atoms with Crippen molar-refractivity contribution < 1.29 is 5.11 Å². The number of halogens is 2. The monoisotopic (exact) mass is 263 g/mol. The minimum Gasteiger partial charge on any atom is -0.394 e. The molecule has 3 N–H and O–H groups in total. The highest BCUT2D eigenvalue weighted by molar-refractivity contribution is 9.10. The highest BCUT2D eigenvalue weighted by Crippen LogP contribution is 2.28. The maximum Gasteiger partial charge on any atom is 0.0650 e. The van der Waals surface area contributed by atoms with E-state index in [1.165, 1.54) is 0 Å². The second kappa shape index (κ2) is 3.96. The molecule has 0 bridgehead atoms. The van der Waals surface area contributed by atoms with E-state index in [1.807, 2.05) is 12.1 Å². The van der Waals surface area contributed by atoms with Gasteiger partial charge < -0.3 is 10.8 Å². The van der Waals surface area contributed by atoms with Crippen LogP contribution in [0.3, 0.4) is 0 Å². The van der Waals surface area contributed by atoms with Gasteiger partial charge in [0, 0.05) is 9.50 Å². The molecule has 0 radical (unpaired) electrons. The molecule has 0 aromatic heterocycles. The Labute approximate surface area is 90.8 Å². The van der Waals surface area contributed by atoms with Crippen LogP contribution in [0.15, 0.2) is 22.7 Å². The molecule has 1 atom stereocenters. The van der Waals surface area contributed by atoms with Crippen LogP contribution in [0.4, 0.5) is 0 Å². The summed E-state index contributed by atoms with van der Waals surface area (Å²) in [4.78, 5) is 0. The lowest BCUT2D eigenvalue weighted by Gasteiger charge is -2.23. The maximum absolute atomic E-state index is 9.05. The van der Waals surface area contributed by atoms with Crippen LogP contribution in [0, 0.1) is 0 Å². The van der Waals surface area contributed by atoms with Crippen LogP contribution >= 0.6 is 27.5 Å². The summed E-state index contributed by atoms with van der Waals surface area (Å²) in [6, 6.07) is 5.42. The highest BCUT2D eigenvalue weighted by atomic mass is 79.9. The summed E-state index contributed by atoms with van der Waals surface area (Å²) in [5.41, 5.74) is 5.81. The molecule has 2 nitrogen and oxygen atoms in total. The second-order valence-corrected chi connectivity index (χ2v) is 4.52. The van der Waals surface area contributed by atoms with E-state index in [2.05, 4.69) is 15.9 Å². The van der Waals surface area contributed by atoms with Gasteiger partial charge in [-0.25, -0.2) is 0 Å². The molecule has 1 aromatic rings. The molecule has 0 saturated carbocycles. The summed E-state index contributed by atoms with van der Waals surface area (Å²) in [6.45, 7) is 1.61. The molecule has 4 heteroatoms. The van der Waals surface area contributed by atoms with Crippen molar-refractivity contribution in [2.24, 2.45) is 5.73 Å². The number of aliphatic hydroxyl groups is 1. The molecule has 0 saturated heterocycles. The Bertz CT molecular complexity index is 314. The van der Waals surface area contributed by atoms with Gasteiger partial charge in [0.2, 0.25) is 0 Å². The molecule has 1 rings (SSSR count). The minimum absolute atomic E-state index is 0.131. The second-order valence-electron chi connectivity index (χ2n) is 3.20. The summed E-state index contributed by atoms with van der Waals surface area (Å²) >= 11 is 9.27. The average Bonchev–Trinajstić information content (AvgIpc) is 2.03. The molecule has 0 aliphatic rings. The van der Waals surface area contributed by atoms with Gasteiger partial charge in [0.1, 0.15) is 0 Å². The first-order valence-corrected chi connectivity index (χ1v) is 5.00. The van der Waals surface area contributed by atoms with Crippen molar-refractivity contribution in [2.75, 3.05) is 6.61 Å². The molecule has 0 fully saturated rings. The molecule has 1 aromatic carbocycles. The van der Waals surface area contributed by atoms with Gasteiger partial charge in [-0.1, -0.05) is 33.6 Å². The zero-order valence-electron chi connectivity index (χ0n) is 7.22. The Morgan fingerprint density at radius 2 is 2.23 bits per heavy atom.